The van der Waals surface area contributed by atoms with Gasteiger partial charge >= 0.3 is 0 Å². The lowest BCUT2D eigenvalue weighted by molar-refractivity contribution is -0.114. The smallest absolute Gasteiger partial charge is 0.264 e. The van der Waals surface area contributed by atoms with Crippen molar-refractivity contribution in [1.82, 2.24) is 0 Å². The molecule has 8 heteroatoms. The highest BCUT2D eigenvalue weighted by Crippen LogP contribution is 2.25. The van der Waals surface area contributed by atoms with Gasteiger partial charge in [0.15, 0.2) is 0 Å². The summed E-state index contributed by atoms with van der Waals surface area (Å²) in [6, 6.07) is 23.6. The summed E-state index contributed by atoms with van der Waals surface area (Å²) in [7, 11) is -3.95. The van der Waals surface area contributed by atoms with E-state index in [1.165, 1.54) is 12.1 Å². The van der Waals surface area contributed by atoms with Gasteiger partial charge in [0.2, 0.25) is 5.91 Å². The fourth-order valence-corrected chi connectivity index (χ4v) is 4.48. The van der Waals surface area contributed by atoms with E-state index in [0.717, 1.165) is 14.3 Å². The van der Waals surface area contributed by atoms with E-state index in [0.29, 0.717) is 11.4 Å². The second-order valence-corrected chi connectivity index (χ2v) is 9.16. The molecule has 0 saturated carbocycles. The number of sulfonamides is 1. The highest BCUT2D eigenvalue weighted by molar-refractivity contribution is 9.10. The van der Waals surface area contributed by atoms with Gasteiger partial charge in [-0.25, -0.2) is 8.42 Å². The Kier molecular flexibility index (Phi) is 6.87. The largest absolute Gasteiger partial charge is 0.325 e. The molecule has 0 unspecified atom stereocenters. The van der Waals surface area contributed by atoms with E-state index in [4.69, 9.17) is 5.26 Å². The molecular weight excluding hydrogens is 466 g/mol. The van der Waals surface area contributed by atoms with Crippen LogP contribution in [0.1, 0.15) is 5.56 Å². The quantitative estimate of drug-likeness (QED) is 0.540. The predicted octanol–water partition coefficient (Wildman–Crippen LogP) is 4.35. The second-order valence-electron chi connectivity index (χ2n) is 6.38. The molecule has 0 fully saturated rings. The van der Waals surface area contributed by atoms with Gasteiger partial charge in [-0.05, 0) is 54.1 Å². The topological polar surface area (TPSA) is 90.3 Å². The van der Waals surface area contributed by atoms with Crippen molar-refractivity contribution in [2.75, 3.05) is 16.2 Å². The number of nitrogens with one attached hydrogen (secondary N) is 1. The van der Waals surface area contributed by atoms with E-state index in [9.17, 15) is 13.2 Å². The molecule has 1 amide bonds. The summed E-state index contributed by atoms with van der Waals surface area (Å²) < 4.78 is 28.3. The van der Waals surface area contributed by atoms with Gasteiger partial charge in [-0.15, -0.1) is 0 Å². The van der Waals surface area contributed by atoms with Crippen LogP contribution in [0.15, 0.2) is 88.2 Å². The number of hydrogen-bond donors (Lipinski definition) is 1. The molecule has 30 heavy (non-hydrogen) atoms. The number of carbonyl (C=O) groups is 1. The Hall–Kier alpha value is -3.15. The highest BCUT2D eigenvalue weighted by atomic mass is 79.9. The van der Waals surface area contributed by atoms with Crippen molar-refractivity contribution in [2.24, 2.45) is 0 Å². The Morgan fingerprint density at radius 1 is 0.967 bits per heavy atom. The molecule has 0 radical (unpaired) electrons. The number of carbonyl (C=O) groups excluding carboxylic acids is 1. The van der Waals surface area contributed by atoms with Gasteiger partial charge in [0.05, 0.1) is 23.1 Å². The van der Waals surface area contributed by atoms with Gasteiger partial charge in [0, 0.05) is 10.2 Å². The third kappa shape index (κ3) is 5.26. The number of benzene rings is 3. The number of anilines is 2. The summed E-state index contributed by atoms with van der Waals surface area (Å²) in [5.74, 6) is -0.481. The normalized spacial score (nSPS) is 10.8. The third-order valence-electron chi connectivity index (χ3n) is 4.25. The van der Waals surface area contributed by atoms with Crippen molar-refractivity contribution in [3.63, 3.8) is 0 Å². The zero-order valence-corrected chi connectivity index (χ0v) is 18.2. The first-order valence-electron chi connectivity index (χ1n) is 8.99. The van der Waals surface area contributed by atoms with Crippen molar-refractivity contribution in [2.45, 2.75) is 11.3 Å². The zero-order chi connectivity index (χ0) is 21.6. The van der Waals surface area contributed by atoms with Crippen LogP contribution >= 0.6 is 15.9 Å². The molecule has 6 nitrogen and oxygen atoms in total. The van der Waals surface area contributed by atoms with E-state index in [-0.39, 0.29) is 11.3 Å². The molecule has 0 aliphatic rings. The summed E-state index contributed by atoms with van der Waals surface area (Å²) >= 11 is 3.33. The maximum absolute atomic E-state index is 13.2. The summed E-state index contributed by atoms with van der Waals surface area (Å²) in [5.41, 5.74) is 1.73. The predicted molar refractivity (Wildman–Crippen MR) is 120 cm³/mol. The number of rotatable bonds is 7. The van der Waals surface area contributed by atoms with E-state index in [1.807, 2.05) is 0 Å². The van der Waals surface area contributed by atoms with Gasteiger partial charge in [0.1, 0.15) is 6.54 Å². The number of nitrogens with zero attached hydrogens (tertiary/aromatic N) is 2. The van der Waals surface area contributed by atoms with Crippen LogP contribution in [0.25, 0.3) is 0 Å². The molecule has 3 rings (SSSR count). The minimum Gasteiger partial charge on any atom is -0.325 e. The van der Waals surface area contributed by atoms with Crippen LogP contribution in [0.4, 0.5) is 11.4 Å². The lowest BCUT2D eigenvalue weighted by Gasteiger charge is -2.24. The van der Waals surface area contributed by atoms with Gasteiger partial charge in [-0.2, -0.15) is 5.26 Å². The minimum atomic E-state index is -3.95. The number of nitriles is 1. The van der Waals surface area contributed by atoms with E-state index < -0.39 is 22.5 Å². The van der Waals surface area contributed by atoms with Crippen molar-refractivity contribution < 1.29 is 13.2 Å². The third-order valence-corrected chi connectivity index (χ3v) is 6.57. The van der Waals surface area contributed by atoms with Crippen LogP contribution in [0, 0.1) is 11.3 Å². The fraction of sp³-hybridized carbons (Fsp3) is 0.0909. The number of amides is 1. The van der Waals surface area contributed by atoms with Crippen LogP contribution < -0.4 is 9.62 Å². The van der Waals surface area contributed by atoms with Crippen molar-refractivity contribution >= 4 is 43.2 Å². The first kappa shape index (κ1) is 21.6. The lowest BCUT2D eigenvalue weighted by atomic mass is 10.1. The van der Waals surface area contributed by atoms with Gasteiger partial charge in [-0.3, -0.25) is 9.10 Å². The van der Waals surface area contributed by atoms with Crippen LogP contribution in [0.5, 0.6) is 0 Å². The Morgan fingerprint density at radius 3 is 2.20 bits per heavy atom. The Labute approximate surface area is 183 Å². The molecule has 0 aliphatic carbocycles. The standard InChI is InChI=1S/C22H18BrN3O3S/c23-18-8-12-20(13-9-18)26(30(28,29)21-4-2-1-3-5-21)16-22(27)25-19-10-6-17(7-11-19)14-15-24/h1-13H,14,16H2,(H,25,27). The van der Waals surface area contributed by atoms with Gasteiger partial charge in [0.25, 0.3) is 10.0 Å². The molecule has 0 aliphatic heterocycles. The second kappa shape index (κ2) is 9.57. The van der Waals surface area contributed by atoms with Gasteiger partial charge in [-0.1, -0.05) is 46.3 Å². The first-order valence-corrected chi connectivity index (χ1v) is 11.2. The van der Waals surface area contributed by atoms with Gasteiger partial charge < -0.3 is 5.32 Å². The molecule has 1 N–H and O–H groups in total. The van der Waals surface area contributed by atoms with Crippen LogP contribution in [-0.4, -0.2) is 20.9 Å². The van der Waals surface area contributed by atoms with E-state index in [2.05, 4.69) is 27.3 Å². The maximum Gasteiger partial charge on any atom is 0.264 e. The SMILES string of the molecule is N#CCc1ccc(NC(=O)CN(c2ccc(Br)cc2)S(=O)(=O)c2ccccc2)cc1. The Balaban J connectivity index is 1.86. The molecule has 0 spiro atoms. The molecule has 3 aromatic rings. The zero-order valence-electron chi connectivity index (χ0n) is 15.8. The van der Waals surface area contributed by atoms with E-state index in [1.54, 1.807) is 66.7 Å². The summed E-state index contributed by atoms with van der Waals surface area (Å²) in [4.78, 5) is 12.8. The number of halogens is 1. The number of hydrogen-bond acceptors (Lipinski definition) is 4. The molecule has 0 saturated heterocycles. The fourth-order valence-electron chi connectivity index (χ4n) is 2.77. The molecular formula is C22H18BrN3O3S. The lowest BCUT2D eigenvalue weighted by Crippen LogP contribution is -2.38. The Morgan fingerprint density at radius 2 is 1.60 bits per heavy atom. The minimum absolute atomic E-state index is 0.0987. The molecule has 3 aromatic carbocycles. The molecule has 0 atom stereocenters. The average Bonchev–Trinajstić information content (AvgIpc) is 2.75. The summed E-state index contributed by atoms with van der Waals surface area (Å²) in [6.07, 6.45) is 0.279. The van der Waals surface area contributed by atoms with Crippen LogP contribution in [-0.2, 0) is 21.2 Å². The van der Waals surface area contributed by atoms with Crippen LogP contribution in [0.2, 0.25) is 0 Å². The molecule has 0 aromatic heterocycles. The average molecular weight is 484 g/mol. The van der Waals surface area contributed by atoms with Crippen molar-refractivity contribution in [3.05, 3.63) is 88.9 Å². The first-order chi connectivity index (χ1) is 14.4. The molecule has 0 heterocycles. The maximum atomic E-state index is 13.2. The van der Waals surface area contributed by atoms with Crippen molar-refractivity contribution in [3.8, 4) is 6.07 Å². The van der Waals surface area contributed by atoms with Crippen molar-refractivity contribution in [1.29, 1.82) is 5.26 Å². The summed E-state index contributed by atoms with van der Waals surface area (Å²) in [6.45, 7) is -0.390. The monoisotopic (exact) mass is 483 g/mol. The highest BCUT2D eigenvalue weighted by Gasteiger charge is 2.27. The molecule has 152 valence electrons. The van der Waals surface area contributed by atoms with Crippen LogP contribution in [0.3, 0.4) is 0 Å². The van der Waals surface area contributed by atoms with E-state index >= 15 is 0 Å². The summed E-state index contributed by atoms with van der Waals surface area (Å²) in [5, 5.41) is 11.5. The molecule has 0 bridgehead atoms. The Bertz CT molecular complexity index is 1160.